The number of methoxy groups -OCH3 is 1. The van der Waals surface area contributed by atoms with E-state index in [0.29, 0.717) is 34.2 Å². The lowest BCUT2D eigenvalue weighted by molar-refractivity contribution is 0.196. The molecule has 0 spiro atoms. The van der Waals surface area contributed by atoms with Gasteiger partial charge in [0.05, 0.1) is 9.77 Å². The lowest BCUT2D eigenvalue weighted by atomic mass is 10.2. The van der Waals surface area contributed by atoms with Crippen LogP contribution in [0.5, 0.6) is 0 Å². The van der Waals surface area contributed by atoms with E-state index in [4.69, 9.17) is 9.26 Å². The highest BCUT2D eigenvalue weighted by Gasteiger charge is 2.22. The van der Waals surface area contributed by atoms with Crippen LogP contribution in [0.25, 0.3) is 22.2 Å². The Morgan fingerprint density at radius 2 is 2.04 bits per heavy atom. The van der Waals surface area contributed by atoms with Crippen LogP contribution in [0.15, 0.2) is 39.8 Å². The summed E-state index contributed by atoms with van der Waals surface area (Å²) >= 11 is 1.25. The predicted octanol–water partition coefficient (Wildman–Crippen LogP) is 3.23. The van der Waals surface area contributed by atoms with E-state index in [1.807, 2.05) is 0 Å². The minimum absolute atomic E-state index is 0.182. The van der Waals surface area contributed by atoms with Crippen molar-refractivity contribution < 1.29 is 22.1 Å². The van der Waals surface area contributed by atoms with Crippen molar-refractivity contribution in [2.75, 3.05) is 20.3 Å². The van der Waals surface area contributed by atoms with Gasteiger partial charge in [-0.2, -0.15) is 4.98 Å². The SMILES string of the molecule is COCCCNS(=O)(=O)c1cc(-c2nc(-c3ccc(F)cc3)no2)sc1C. The van der Waals surface area contributed by atoms with Gasteiger partial charge in [0.25, 0.3) is 5.89 Å². The average molecular weight is 411 g/mol. The summed E-state index contributed by atoms with van der Waals surface area (Å²) in [6.07, 6.45) is 0.580. The zero-order valence-corrected chi connectivity index (χ0v) is 16.4. The van der Waals surface area contributed by atoms with Crippen molar-refractivity contribution >= 4 is 21.4 Å². The Morgan fingerprint density at radius 1 is 1.30 bits per heavy atom. The van der Waals surface area contributed by atoms with Crippen LogP contribution in [-0.4, -0.2) is 38.8 Å². The second kappa shape index (κ2) is 8.26. The number of nitrogens with one attached hydrogen (secondary N) is 1. The molecule has 0 saturated carbocycles. The van der Waals surface area contributed by atoms with Crippen LogP contribution in [-0.2, 0) is 14.8 Å². The molecule has 0 amide bonds. The molecule has 144 valence electrons. The Bertz CT molecular complexity index is 1010. The molecule has 0 aliphatic heterocycles. The second-order valence-electron chi connectivity index (χ2n) is 5.71. The van der Waals surface area contributed by atoms with Crippen molar-refractivity contribution in [3.05, 3.63) is 41.0 Å². The van der Waals surface area contributed by atoms with Crippen LogP contribution in [0, 0.1) is 12.7 Å². The topological polar surface area (TPSA) is 94.3 Å². The van der Waals surface area contributed by atoms with E-state index >= 15 is 0 Å². The summed E-state index contributed by atoms with van der Waals surface area (Å²) in [4.78, 5) is 5.63. The fourth-order valence-corrected chi connectivity index (χ4v) is 4.96. The molecule has 27 heavy (non-hydrogen) atoms. The van der Waals surface area contributed by atoms with Gasteiger partial charge in [-0.25, -0.2) is 17.5 Å². The first-order valence-electron chi connectivity index (χ1n) is 8.10. The number of nitrogens with zero attached hydrogens (tertiary/aromatic N) is 2. The monoisotopic (exact) mass is 411 g/mol. The maximum absolute atomic E-state index is 13.0. The van der Waals surface area contributed by atoms with Gasteiger partial charge < -0.3 is 9.26 Å². The Kier molecular flexibility index (Phi) is 6.00. The minimum Gasteiger partial charge on any atom is -0.385 e. The number of sulfonamides is 1. The molecule has 3 aromatic rings. The number of halogens is 1. The van der Waals surface area contributed by atoms with Crippen molar-refractivity contribution in [2.45, 2.75) is 18.2 Å². The first-order valence-corrected chi connectivity index (χ1v) is 10.4. The Balaban J connectivity index is 1.81. The average Bonchev–Trinajstić information content (AvgIpc) is 3.26. The molecular formula is C17H18FN3O4S2. The molecule has 0 aliphatic carbocycles. The highest BCUT2D eigenvalue weighted by molar-refractivity contribution is 7.89. The molecule has 0 atom stereocenters. The first kappa shape index (κ1) is 19.6. The smallest absolute Gasteiger partial charge is 0.268 e. The minimum atomic E-state index is -3.64. The van der Waals surface area contributed by atoms with E-state index in [1.54, 1.807) is 26.2 Å². The molecule has 2 aromatic heterocycles. The van der Waals surface area contributed by atoms with E-state index in [9.17, 15) is 12.8 Å². The maximum Gasteiger partial charge on any atom is 0.268 e. The normalized spacial score (nSPS) is 11.8. The molecule has 0 saturated heterocycles. The van der Waals surface area contributed by atoms with Gasteiger partial charge >= 0.3 is 0 Å². The third-order valence-corrected chi connectivity index (χ3v) is 6.47. The van der Waals surface area contributed by atoms with Gasteiger partial charge in [0.2, 0.25) is 15.8 Å². The number of aromatic nitrogens is 2. The van der Waals surface area contributed by atoms with Crippen molar-refractivity contribution in [2.24, 2.45) is 0 Å². The molecule has 3 rings (SSSR count). The Labute approximate surface area is 160 Å². The molecule has 0 radical (unpaired) electrons. The third-order valence-electron chi connectivity index (χ3n) is 3.72. The standard InChI is InChI=1S/C17H18FN3O4S2/c1-11-15(27(22,23)19-8-3-9-24-2)10-14(26-11)17-20-16(21-25-17)12-4-6-13(18)7-5-12/h4-7,10,19H,3,8-9H2,1-2H3. The van der Waals surface area contributed by atoms with Crippen LogP contribution in [0.4, 0.5) is 4.39 Å². The molecule has 0 fully saturated rings. The van der Waals surface area contributed by atoms with E-state index < -0.39 is 10.0 Å². The zero-order valence-electron chi connectivity index (χ0n) is 14.7. The third kappa shape index (κ3) is 4.59. The van der Waals surface area contributed by atoms with Gasteiger partial charge in [-0.05, 0) is 43.7 Å². The van der Waals surface area contributed by atoms with Gasteiger partial charge in [-0.1, -0.05) is 5.16 Å². The molecule has 0 unspecified atom stereocenters. The summed E-state index contributed by atoms with van der Waals surface area (Å²) in [5.41, 5.74) is 0.604. The van der Waals surface area contributed by atoms with E-state index in [-0.39, 0.29) is 23.1 Å². The number of aryl methyl sites for hydroxylation is 1. The summed E-state index contributed by atoms with van der Waals surface area (Å²) < 4.78 is 50.7. The van der Waals surface area contributed by atoms with Gasteiger partial charge in [0.1, 0.15) is 5.82 Å². The predicted molar refractivity (Wildman–Crippen MR) is 99.4 cm³/mol. The summed E-state index contributed by atoms with van der Waals surface area (Å²) in [6.45, 7) is 2.48. The van der Waals surface area contributed by atoms with E-state index in [0.717, 1.165) is 0 Å². The van der Waals surface area contributed by atoms with Crippen LogP contribution in [0.1, 0.15) is 11.3 Å². The fourth-order valence-electron chi connectivity index (χ4n) is 2.38. The van der Waals surface area contributed by atoms with E-state index in [2.05, 4.69) is 14.9 Å². The van der Waals surface area contributed by atoms with Gasteiger partial charge in [0.15, 0.2) is 0 Å². The molecule has 1 aromatic carbocycles. The highest BCUT2D eigenvalue weighted by atomic mass is 32.2. The number of hydrogen-bond donors (Lipinski definition) is 1. The van der Waals surface area contributed by atoms with E-state index in [1.165, 1.54) is 29.5 Å². The highest BCUT2D eigenvalue weighted by Crippen LogP contribution is 2.33. The Morgan fingerprint density at radius 3 is 2.74 bits per heavy atom. The number of thiophene rings is 1. The van der Waals surface area contributed by atoms with Crippen molar-refractivity contribution in [3.8, 4) is 22.2 Å². The van der Waals surface area contributed by atoms with Crippen molar-refractivity contribution in [1.82, 2.24) is 14.9 Å². The summed E-state index contributed by atoms with van der Waals surface area (Å²) in [5, 5.41) is 3.88. The summed E-state index contributed by atoms with van der Waals surface area (Å²) in [5.74, 6) is 0.158. The molecule has 7 nitrogen and oxygen atoms in total. The molecule has 0 aliphatic rings. The molecule has 10 heteroatoms. The lowest BCUT2D eigenvalue weighted by Gasteiger charge is -2.05. The van der Waals surface area contributed by atoms with Crippen LogP contribution >= 0.6 is 11.3 Å². The van der Waals surface area contributed by atoms with Gasteiger partial charge in [0, 0.05) is 30.7 Å². The molecular weight excluding hydrogens is 393 g/mol. The van der Waals surface area contributed by atoms with Crippen molar-refractivity contribution in [3.63, 3.8) is 0 Å². The number of hydrogen-bond acceptors (Lipinski definition) is 7. The molecule has 2 heterocycles. The van der Waals surface area contributed by atoms with Gasteiger partial charge in [-0.15, -0.1) is 11.3 Å². The quantitative estimate of drug-likeness (QED) is 0.572. The number of rotatable bonds is 8. The second-order valence-corrected chi connectivity index (χ2v) is 8.70. The summed E-state index contributed by atoms with van der Waals surface area (Å²) in [7, 11) is -2.07. The number of ether oxygens (including phenoxy) is 1. The molecule has 0 bridgehead atoms. The fraction of sp³-hybridized carbons (Fsp3) is 0.294. The zero-order chi connectivity index (χ0) is 19.4. The maximum atomic E-state index is 13.0. The van der Waals surface area contributed by atoms with Crippen molar-refractivity contribution in [1.29, 1.82) is 0 Å². The summed E-state index contributed by atoms with van der Waals surface area (Å²) in [6, 6.07) is 7.22. The largest absolute Gasteiger partial charge is 0.385 e. The van der Waals surface area contributed by atoms with Crippen LogP contribution in [0.3, 0.4) is 0 Å². The van der Waals surface area contributed by atoms with Gasteiger partial charge in [-0.3, -0.25) is 0 Å². The molecule has 1 N–H and O–H groups in total. The lowest BCUT2D eigenvalue weighted by Crippen LogP contribution is -2.25. The number of benzene rings is 1. The van der Waals surface area contributed by atoms with Crippen LogP contribution in [0.2, 0.25) is 0 Å². The first-order chi connectivity index (χ1) is 12.9. The Hall–Kier alpha value is -2.14. The van der Waals surface area contributed by atoms with Crippen LogP contribution < -0.4 is 4.72 Å².